The highest BCUT2D eigenvalue weighted by molar-refractivity contribution is 7.08. The standard InChI is InChI=1S/C19H20N4S/c1-2-9-22(13-17-5-3-16(12-20)4-6-17)15-23-10-7-19(21-23)18-8-11-24-14-18/h3-8,10-11,14H,2,9,13,15H2,1H3. The second-order valence-electron chi connectivity index (χ2n) is 5.76. The van der Waals surface area contributed by atoms with E-state index in [9.17, 15) is 0 Å². The lowest BCUT2D eigenvalue weighted by molar-refractivity contribution is 0.199. The van der Waals surface area contributed by atoms with Crippen molar-refractivity contribution in [1.29, 1.82) is 5.26 Å². The molecule has 0 amide bonds. The van der Waals surface area contributed by atoms with Gasteiger partial charge < -0.3 is 0 Å². The van der Waals surface area contributed by atoms with Crippen LogP contribution in [0.25, 0.3) is 11.3 Å². The third kappa shape index (κ3) is 4.10. The summed E-state index contributed by atoms with van der Waals surface area (Å²) in [4.78, 5) is 2.37. The number of hydrogen-bond acceptors (Lipinski definition) is 4. The Morgan fingerprint density at radius 1 is 1.21 bits per heavy atom. The van der Waals surface area contributed by atoms with Crippen molar-refractivity contribution in [3.05, 3.63) is 64.5 Å². The summed E-state index contributed by atoms with van der Waals surface area (Å²) in [7, 11) is 0. The quantitative estimate of drug-likeness (QED) is 0.644. The number of nitriles is 1. The summed E-state index contributed by atoms with van der Waals surface area (Å²) in [6.45, 7) is 4.81. The van der Waals surface area contributed by atoms with E-state index >= 15 is 0 Å². The Bertz CT molecular complexity index is 797. The molecule has 1 aromatic carbocycles. The molecule has 2 heterocycles. The molecule has 3 rings (SSSR count). The number of benzene rings is 1. The van der Waals surface area contributed by atoms with E-state index in [2.05, 4.69) is 45.9 Å². The largest absolute Gasteiger partial charge is 0.280 e. The monoisotopic (exact) mass is 336 g/mol. The smallest absolute Gasteiger partial charge is 0.0991 e. The van der Waals surface area contributed by atoms with E-state index in [1.54, 1.807) is 11.3 Å². The van der Waals surface area contributed by atoms with E-state index in [0.29, 0.717) is 5.56 Å². The maximum absolute atomic E-state index is 8.90. The van der Waals surface area contributed by atoms with E-state index in [1.165, 1.54) is 11.1 Å². The minimum Gasteiger partial charge on any atom is -0.280 e. The van der Waals surface area contributed by atoms with Gasteiger partial charge in [-0.05, 0) is 48.2 Å². The fraction of sp³-hybridized carbons (Fsp3) is 0.263. The number of nitrogens with zero attached hydrogens (tertiary/aromatic N) is 4. The molecule has 24 heavy (non-hydrogen) atoms. The fourth-order valence-electron chi connectivity index (χ4n) is 2.67. The van der Waals surface area contributed by atoms with Crippen LogP contribution in [0.4, 0.5) is 0 Å². The summed E-state index contributed by atoms with van der Waals surface area (Å²) in [6.07, 6.45) is 3.13. The first-order valence-corrected chi connectivity index (χ1v) is 9.00. The van der Waals surface area contributed by atoms with Crippen LogP contribution < -0.4 is 0 Å². The fourth-order valence-corrected chi connectivity index (χ4v) is 3.32. The third-order valence-electron chi connectivity index (χ3n) is 3.83. The molecule has 0 unspecified atom stereocenters. The highest BCUT2D eigenvalue weighted by atomic mass is 32.1. The minimum atomic E-state index is 0.702. The summed E-state index contributed by atoms with van der Waals surface area (Å²) in [5.74, 6) is 0. The van der Waals surface area contributed by atoms with E-state index < -0.39 is 0 Å². The minimum absolute atomic E-state index is 0.702. The Morgan fingerprint density at radius 2 is 2.04 bits per heavy atom. The zero-order chi connectivity index (χ0) is 16.8. The van der Waals surface area contributed by atoms with Crippen molar-refractivity contribution < 1.29 is 0 Å². The van der Waals surface area contributed by atoms with Gasteiger partial charge in [0.15, 0.2) is 0 Å². The van der Waals surface area contributed by atoms with Crippen molar-refractivity contribution >= 4 is 11.3 Å². The van der Waals surface area contributed by atoms with Gasteiger partial charge in [-0.25, -0.2) is 0 Å². The van der Waals surface area contributed by atoms with Crippen molar-refractivity contribution in [1.82, 2.24) is 14.7 Å². The second kappa shape index (κ2) is 7.91. The summed E-state index contributed by atoms with van der Waals surface area (Å²) in [5, 5.41) is 17.8. The van der Waals surface area contributed by atoms with Crippen LogP contribution in [0.15, 0.2) is 53.4 Å². The van der Waals surface area contributed by atoms with Gasteiger partial charge in [0.1, 0.15) is 0 Å². The van der Waals surface area contributed by atoms with Crippen LogP contribution in [0, 0.1) is 11.3 Å². The lowest BCUT2D eigenvalue weighted by atomic mass is 10.1. The molecule has 0 bridgehead atoms. The van der Waals surface area contributed by atoms with E-state index in [4.69, 9.17) is 5.26 Å². The van der Waals surface area contributed by atoms with E-state index in [1.807, 2.05) is 35.1 Å². The molecular formula is C19H20N4S. The predicted molar refractivity (Wildman–Crippen MR) is 97.4 cm³/mol. The lowest BCUT2D eigenvalue weighted by Gasteiger charge is -2.21. The SMILES string of the molecule is CCCN(Cc1ccc(C#N)cc1)Cn1ccc(-c2ccsc2)n1. The van der Waals surface area contributed by atoms with Gasteiger partial charge in [0.05, 0.1) is 24.0 Å². The molecule has 0 aliphatic rings. The molecule has 0 spiro atoms. The Morgan fingerprint density at radius 3 is 2.71 bits per heavy atom. The maximum atomic E-state index is 8.90. The van der Waals surface area contributed by atoms with Crippen molar-refractivity contribution in [3.8, 4) is 17.3 Å². The van der Waals surface area contributed by atoms with Crippen LogP contribution >= 0.6 is 11.3 Å². The molecule has 4 nitrogen and oxygen atoms in total. The van der Waals surface area contributed by atoms with Crippen molar-refractivity contribution in [2.75, 3.05) is 6.54 Å². The average Bonchev–Trinajstić information content (AvgIpc) is 3.27. The Balaban J connectivity index is 1.68. The second-order valence-corrected chi connectivity index (χ2v) is 6.54. The molecular weight excluding hydrogens is 316 g/mol. The summed E-state index contributed by atoms with van der Waals surface area (Å²) in [6, 6.07) is 14.1. The number of thiophene rings is 1. The number of rotatable bonds is 7. The Labute approximate surface area is 146 Å². The number of aromatic nitrogens is 2. The van der Waals surface area contributed by atoms with Gasteiger partial charge >= 0.3 is 0 Å². The van der Waals surface area contributed by atoms with E-state index in [-0.39, 0.29) is 0 Å². The zero-order valence-electron chi connectivity index (χ0n) is 13.7. The van der Waals surface area contributed by atoms with Gasteiger partial charge in [-0.1, -0.05) is 19.1 Å². The topological polar surface area (TPSA) is 44.9 Å². The average molecular weight is 336 g/mol. The molecule has 0 saturated carbocycles. The maximum Gasteiger partial charge on any atom is 0.0991 e. The molecule has 0 aliphatic carbocycles. The molecule has 0 N–H and O–H groups in total. The number of hydrogen-bond donors (Lipinski definition) is 0. The van der Waals surface area contributed by atoms with Crippen molar-refractivity contribution in [2.24, 2.45) is 0 Å². The van der Waals surface area contributed by atoms with Crippen molar-refractivity contribution in [3.63, 3.8) is 0 Å². The van der Waals surface area contributed by atoms with E-state index in [0.717, 1.165) is 31.9 Å². The van der Waals surface area contributed by atoms with Crippen LogP contribution in [-0.4, -0.2) is 21.2 Å². The van der Waals surface area contributed by atoms with Gasteiger partial charge in [0, 0.05) is 23.7 Å². The summed E-state index contributed by atoms with van der Waals surface area (Å²) < 4.78 is 1.99. The summed E-state index contributed by atoms with van der Waals surface area (Å²) in [5.41, 5.74) is 4.11. The Hall–Kier alpha value is -2.42. The van der Waals surface area contributed by atoms with Crippen LogP contribution in [-0.2, 0) is 13.2 Å². The molecule has 0 fully saturated rings. The normalized spacial score (nSPS) is 10.9. The van der Waals surface area contributed by atoms with Gasteiger partial charge in [-0.3, -0.25) is 9.58 Å². The Kier molecular flexibility index (Phi) is 5.42. The van der Waals surface area contributed by atoms with Crippen LogP contribution in [0.1, 0.15) is 24.5 Å². The third-order valence-corrected chi connectivity index (χ3v) is 4.51. The van der Waals surface area contributed by atoms with Gasteiger partial charge in [0.25, 0.3) is 0 Å². The van der Waals surface area contributed by atoms with Crippen LogP contribution in [0.5, 0.6) is 0 Å². The first-order valence-electron chi connectivity index (χ1n) is 8.06. The summed E-state index contributed by atoms with van der Waals surface area (Å²) >= 11 is 1.69. The lowest BCUT2D eigenvalue weighted by Crippen LogP contribution is -2.27. The van der Waals surface area contributed by atoms with Gasteiger partial charge in [-0.15, -0.1) is 0 Å². The molecule has 0 radical (unpaired) electrons. The van der Waals surface area contributed by atoms with Crippen LogP contribution in [0.3, 0.4) is 0 Å². The first-order chi connectivity index (χ1) is 11.8. The van der Waals surface area contributed by atoms with Crippen molar-refractivity contribution in [2.45, 2.75) is 26.6 Å². The molecule has 0 saturated heterocycles. The highest BCUT2D eigenvalue weighted by Gasteiger charge is 2.08. The predicted octanol–water partition coefficient (Wildman–Crippen LogP) is 4.35. The molecule has 5 heteroatoms. The molecule has 0 aliphatic heterocycles. The van der Waals surface area contributed by atoms with Crippen LogP contribution in [0.2, 0.25) is 0 Å². The molecule has 0 atom stereocenters. The highest BCUT2D eigenvalue weighted by Crippen LogP contribution is 2.20. The van der Waals surface area contributed by atoms with Gasteiger partial charge in [0.2, 0.25) is 0 Å². The molecule has 2 aromatic heterocycles. The molecule has 122 valence electrons. The van der Waals surface area contributed by atoms with Gasteiger partial charge in [-0.2, -0.15) is 21.7 Å². The first kappa shape index (κ1) is 16.4. The zero-order valence-corrected chi connectivity index (χ0v) is 14.5. The molecule has 3 aromatic rings.